The van der Waals surface area contributed by atoms with Crippen LogP contribution < -0.4 is 11.1 Å². The molecule has 1 aromatic heterocycles. The summed E-state index contributed by atoms with van der Waals surface area (Å²) in [6, 6.07) is 0. The van der Waals surface area contributed by atoms with Crippen LogP contribution in [0.5, 0.6) is 0 Å². The number of aromatic nitrogens is 2. The van der Waals surface area contributed by atoms with Crippen molar-refractivity contribution in [2.75, 3.05) is 52.0 Å². The predicted octanol–water partition coefficient (Wildman–Crippen LogP) is -0.722. The molecule has 1 aromatic rings. The van der Waals surface area contributed by atoms with Crippen LogP contribution in [0.25, 0.3) is 0 Å². The zero-order valence-corrected chi connectivity index (χ0v) is 11.6. The van der Waals surface area contributed by atoms with Crippen molar-refractivity contribution < 1.29 is 4.79 Å². The molecule has 0 atom stereocenters. The van der Waals surface area contributed by atoms with Crippen LogP contribution in [-0.4, -0.2) is 72.2 Å². The summed E-state index contributed by atoms with van der Waals surface area (Å²) >= 11 is 0. The highest BCUT2D eigenvalue weighted by Crippen LogP contribution is 2.11. The van der Waals surface area contributed by atoms with Gasteiger partial charge in [-0.05, 0) is 14.0 Å². The van der Waals surface area contributed by atoms with Gasteiger partial charge in [-0.3, -0.25) is 14.8 Å². The summed E-state index contributed by atoms with van der Waals surface area (Å²) in [5.74, 6) is -0.212. The minimum absolute atomic E-state index is 0.212. The van der Waals surface area contributed by atoms with Crippen molar-refractivity contribution in [2.24, 2.45) is 0 Å². The highest BCUT2D eigenvalue weighted by molar-refractivity contribution is 5.97. The molecule has 2 heterocycles. The maximum atomic E-state index is 11.9. The van der Waals surface area contributed by atoms with Crippen LogP contribution in [0.15, 0.2) is 0 Å². The fraction of sp³-hybridized carbons (Fsp3) is 0.667. The number of hydrogen-bond acceptors (Lipinski definition) is 5. The molecule has 1 fully saturated rings. The van der Waals surface area contributed by atoms with E-state index in [0.29, 0.717) is 12.2 Å². The van der Waals surface area contributed by atoms with Gasteiger partial charge in [0.05, 0.1) is 11.4 Å². The Morgan fingerprint density at radius 3 is 2.68 bits per heavy atom. The topological polar surface area (TPSA) is 90.3 Å². The van der Waals surface area contributed by atoms with E-state index in [2.05, 4.69) is 32.4 Å². The number of aryl methyl sites for hydroxylation is 1. The maximum Gasteiger partial charge on any atom is 0.273 e. The Labute approximate surface area is 113 Å². The van der Waals surface area contributed by atoms with E-state index in [9.17, 15) is 4.79 Å². The molecule has 1 aliphatic heterocycles. The molecule has 1 aliphatic rings. The van der Waals surface area contributed by atoms with Crippen molar-refractivity contribution in [2.45, 2.75) is 6.92 Å². The number of aromatic amines is 1. The number of carbonyl (C=O) groups is 1. The zero-order chi connectivity index (χ0) is 13.8. The van der Waals surface area contributed by atoms with Crippen LogP contribution in [0.3, 0.4) is 0 Å². The third-order valence-corrected chi connectivity index (χ3v) is 3.52. The van der Waals surface area contributed by atoms with E-state index >= 15 is 0 Å². The van der Waals surface area contributed by atoms with E-state index in [-0.39, 0.29) is 11.6 Å². The molecule has 0 bridgehead atoms. The number of nitrogen functional groups attached to an aromatic ring is 1. The van der Waals surface area contributed by atoms with E-state index in [1.54, 1.807) is 6.92 Å². The first-order chi connectivity index (χ1) is 9.08. The number of H-pyrrole nitrogens is 1. The zero-order valence-electron chi connectivity index (χ0n) is 11.6. The van der Waals surface area contributed by atoms with Crippen molar-refractivity contribution >= 4 is 11.6 Å². The number of nitrogens with one attached hydrogen (secondary N) is 2. The molecule has 4 N–H and O–H groups in total. The summed E-state index contributed by atoms with van der Waals surface area (Å²) in [5.41, 5.74) is 7.20. The second-order valence-corrected chi connectivity index (χ2v) is 5.01. The quantitative estimate of drug-likeness (QED) is 0.669. The summed E-state index contributed by atoms with van der Waals surface area (Å²) in [4.78, 5) is 16.5. The molecule has 2 rings (SSSR count). The molecule has 7 nitrogen and oxygen atoms in total. The predicted molar refractivity (Wildman–Crippen MR) is 74.0 cm³/mol. The maximum absolute atomic E-state index is 11.9. The Morgan fingerprint density at radius 2 is 2.11 bits per heavy atom. The molecule has 0 spiro atoms. The van der Waals surface area contributed by atoms with E-state index in [1.165, 1.54) is 0 Å². The second kappa shape index (κ2) is 6.03. The Hall–Kier alpha value is -1.60. The second-order valence-electron chi connectivity index (χ2n) is 5.01. The summed E-state index contributed by atoms with van der Waals surface area (Å²) in [6.07, 6.45) is 0. The number of likely N-dealkylation sites (N-methyl/N-ethyl adjacent to an activating group) is 1. The number of nitrogens with zero attached hydrogens (tertiary/aromatic N) is 3. The smallest absolute Gasteiger partial charge is 0.273 e. The van der Waals surface area contributed by atoms with Crippen molar-refractivity contribution in [3.8, 4) is 0 Å². The Morgan fingerprint density at radius 1 is 1.42 bits per heavy atom. The molecule has 0 unspecified atom stereocenters. The van der Waals surface area contributed by atoms with Gasteiger partial charge in [0.1, 0.15) is 0 Å². The number of anilines is 1. The van der Waals surface area contributed by atoms with E-state index in [4.69, 9.17) is 5.73 Å². The lowest BCUT2D eigenvalue weighted by Gasteiger charge is -2.32. The van der Waals surface area contributed by atoms with Crippen LogP contribution in [0.4, 0.5) is 5.69 Å². The van der Waals surface area contributed by atoms with Gasteiger partial charge in [-0.1, -0.05) is 0 Å². The normalized spacial score (nSPS) is 17.6. The minimum atomic E-state index is -0.212. The van der Waals surface area contributed by atoms with Crippen LogP contribution in [0.1, 0.15) is 16.2 Å². The third-order valence-electron chi connectivity index (χ3n) is 3.52. The molecule has 19 heavy (non-hydrogen) atoms. The molecule has 0 radical (unpaired) electrons. The summed E-state index contributed by atoms with van der Waals surface area (Å²) < 4.78 is 0. The standard InChI is InChI=1S/C12H22N6O/c1-9-10(13)11(16-15-9)12(19)14-3-4-18-7-5-17(2)6-8-18/h3-8,13H2,1-2H3,(H,14,19)(H,15,16). The number of amides is 1. The molecule has 1 amide bonds. The molecule has 0 aliphatic carbocycles. The van der Waals surface area contributed by atoms with Gasteiger partial charge in [-0.15, -0.1) is 0 Å². The van der Waals surface area contributed by atoms with Crippen LogP contribution in [-0.2, 0) is 0 Å². The van der Waals surface area contributed by atoms with Gasteiger partial charge in [0, 0.05) is 39.3 Å². The van der Waals surface area contributed by atoms with Gasteiger partial charge < -0.3 is 16.0 Å². The SMILES string of the molecule is Cc1[nH]nc(C(=O)NCCN2CCN(C)CC2)c1N. The average molecular weight is 266 g/mol. The first-order valence-corrected chi connectivity index (χ1v) is 6.57. The Balaban J connectivity index is 1.74. The number of nitrogens with two attached hydrogens (primary N) is 1. The van der Waals surface area contributed by atoms with Gasteiger partial charge in [-0.25, -0.2) is 0 Å². The van der Waals surface area contributed by atoms with Crippen molar-refractivity contribution in [3.63, 3.8) is 0 Å². The van der Waals surface area contributed by atoms with Crippen LogP contribution in [0, 0.1) is 6.92 Å². The lowest BCUT2D eigenvalue weighted by atomic mass is 10.3. The van der Waals surface area contributed by atoms with Gasteiger partial charge >= 0.3 is 0 Å². The highest BCUT2D eigenvalue weighted by Gasteiger charge is 2.16. The highest BCUT2D eigenvalue weighted by atomic mass is 16.1. The Kier molecular flexibility index (Phi) is 4.39. The number of piperazine rings is 1. The number of carbonyl (C=O) groups excluding carboxylic acids is 1. The third kappa shape index (κ3) is 3.45. The van der Waals surface area contributed by atoms with Gasteiger partial charge in [0.2, 0.25) is 0 Å². The Bertz CT molecular complexity index is 435. The van der Waals surface area contributed by atoms with Gasteiger partial charge in [-0.2, -0.15) is 5.10 Å². The van der Waals surface area contributed by atoms with E-state index in [0.717, 1.165) is 38.4 Å². The lowest BCUT2D eigenvalue weighted by molar-refractivity contribution is 0.0937. The molecular weight excluding hydrogens is 244 g/mol. The summed E-state index contributed by atoms with van der Waals surface area (Å²) in [5, 5.41) is 9.47. The monoisotopic (exact) mass is 266 g/mol. The lowest BCUT2D eigenvalue weighted by Crippen LogP contribution is -2.46. The van der Waals surface area contributed by atoms with Crippen molar-refractivity contribution in [1.82, 2.24) is 25.3 Å². The van der Waals surface area contributed by atoms with Gasteiger partial charge in [0.15, 0.2) is 5.69 Å². The molecular formula is C12H22N6O. The van der Waals surface area contributed by atoms with Crippen molar-refractivity contribution in [1.29, 1.82) is 0 Å². The fourth-order valence-electron chi connectivity index (χ4n) is 2.09. The first-order valence-electron chi connectivity index (χ1n) is 6.57. The molecule has 106 valence electrons. The van der Waals surface area contributed by atoms with Gasteiger partial charge in [0.25, 0.3) is 5.91 Å². The first kappa shape index (κ1) is 13.8. The van der Waals surface area contributed by atoms with Crippen molar-refractivity contribution in [3.05, 3.63) is 11.4 Å². The summed E-state index contributed by atoms with van der Waals surface area (Å²) in [7, 11) is 2.13. The molecule has 7 heteroatoms. The van der Waals surface area contributed by atoms with E-state index in [1.807, 2.05) is 0 Å². The van der Waals surface area contributed by atoms with E-state index < -0.39 is 0 Å². The summed E-state index contributed by atoms with van der Waals surface area (Å²) in [6.45, 7) is 7.55. The average Bonchev–Trinajstić information content (AvgIpc) is 2.72. The van der Waals surface area contributed by atoms with Crippen LogP contribution in [0.2, 0.25) is 0 Å². The van der Waals surface area contributed by atoms with Crippen LogP contribution >= 0.6 is 0 Å². The minimum Gasteiger partial charge on any atom is -0.395 e. The fourth-order valence-corrected chi connectivity index (χ4v) is 2.09. The molecule has 0 saturated carbocycles. The molecule has 0 aromatic carbocycles. The number of rotatable bonds is 4. The largest absolute Gasteiger partial charge is 0.395 e. The number of hydrogen-bond donors (Lipinski definition) is 3. The molecule has 1 saturated heterocycles.